The molecule has 0 heterocycles. The standard InChI is InChI=1S/C11H24N2/c1-9(12)7-8-11(13(2)3)10-5-4-6-10/h9-11H,4-8,12H2,1-3H3. The van der Waals surface area contributed by atoms with Crippen LogP contribution in [0.1, 0.15) is 39.0 Å². The highest BCUT2D eigenvalue weighted by Crippen LogP contribution is 2.33. The van der Waals surface area contributed by atoms with E-state index in [4.69, 9.17) is 5.73 Å². The van der Waals surface area contributed by atoms with Gasteiger partial charge < -0.3 is 10.6 Å². The van der Waals surface area contributed by atoms with E-state index in [0.717, 1.165) is 12.0 Å². The van der Waals surface area contributed by atoms with Crippen molar-refractivity contribution in [2.75, 3.05) is 14.1 Å². The van der Waals surface area contributed by atoms with E-state index in [1.807, 2.05) is 0 Å². The summed E-state index contributed by atoms with van der Waals surface area (Å²) < 4.78 is 0. The number of hydrogen-bond donors (Lipinski definition) is 1. The molecule has 0 aromatic heterocycles. The minimum absolute atomic E-state index is 0.363. The van der Waals surface area contributed by atoms with Crippen molar-refractivity contribution in [3.05, 3.63) is 0 Å². The molecule has 78 valence electrons. The smallest absolute Gasteiger partial charge is 0.0118 e. The van der Waals surface area contributed by atoms with Crippen molar-refractivity contribution >= 4 is 0 Å². The Bertz CT molecular complexity index is 139. The van der Waals surface area contributed by atoms with Gasteiger partial charge in [0.15, 0.2) is 0 Å². The van der Waals surface area contributed by atoms with E-state index in [1.54, 1.807) is 0 Å². The zero-order chi connectivity index (χ0) is 9.84. The van der Waals surface area contributed by atoms with Crippen molar-refractivity contribution in [3.8, 4) is 0 Å². The van der Waals surface area contributed by atoms with Crippen molar-refractivity contribution in [1.29, 1.82) is 0 Å². The van der Waals surface area contributed by atoms with Crippen LogP contribution in [-0.2, 0) is 0 Å². The third kappa shape index (κ3) is 3.28. The molecule has 0 aromatic rings. The fraction of sp³-hybridized carbons (Fsp3) is 1.00. The number of hydrogen-bond acceptors (Lipinski definition) is 2. The topological polar surface area (TPSA) is 29.3 Å². The second-order valence-corrected chi connectivity index (χ2v) is 4.78. The lowest BCUT2D eigenvalue weighted by Crippen LogP contribution is -2.39. The van der Waals surface area contributed by atoms with Crippen LogP contribution < -0.4 is 5.73 Å². The summed E-state index contributed by atoms with van der Waals surface area (Å²) in [5.74, 6) is 0.953. The average Bonchev–Trinajstić information content (AvgIpc) is 1.92. The van der Waals surface area contributed by atoms with Crippen LogP contribution in [0.2, 0.25) is 0 Å². The first-order valence-electron chi connectivity index (χ1n) is 5.53. The first kappa shape index (κ1) is 11.0. The maximum atomic E-state index is 5.78. The predicted octanol–water partition coefficient (Wildman–Crippen LogP) is 1.84. The Balaban J connectivity index is 2.29. The molecule has 0 saturated heterocycles. The van der Waals surface area contributed by atoms with Crippen LogP contribution in [-0.4, -0.2) is 31.1 Å². The largest absolute Gasteiger partial charge is 0.328 e. The molecule has 1 aliphatic rings. The van der Waals surface area contributed by atoms with E-state index in [0.29, 0.717) is 6.04 Å². The molecule has 2 unspecified atom stereocenters. The Morgan fingerprint density at radius 1 is 1.31 bits per heavy atom. The molecule has 1 saturated carbocycles. The maximum Gasteiger partial charge on any atom is 0.0118 e. The summed E-state index contributed by atoms with van der Waals surface area (Å²) >= 11 is 0. The lowest BCUT2D eigenvalue weighted by atomic mass is 9.77. The second kappa shape index (κ2) is 4.97. The third-order valence-electron chi connectivity index (χ3n) is 3.28. The van der Waals surface area contributed by atoms with E-state index in [1.165, 1.54) is 32.1 Å². The van der Waals surface area contributed by atoms with E-state index in [2.05, 4.69) is 25.9 Å². The molecule has 0 aromatic carbocycles. The Labute approximate surface area is 82.5 Å². The second-order valence-electron chi connectivity index (χ2n) is 4.78. The Hall–Kier alpha value is -0.0800. The monoisotopic (exact) mass is 184 g/mol. The molecule has 2 atom stereocenters. The molecule has 1 fully saturated rings. The van der Waals surface area contributed by atoms with Crippen LogP contribution in [0.3, 0.4) is 0 Å². The Kier molecular flexibility index (Phi) is 4.20. The van der Waals surface area contributed by atoms with Crippen LogP contribution in [0.25, 0.3) is 0 Å². The van der Waals surface area contributed by atoms with Crippen molar-refractivity contribution in [1.82, 2.24) is 4.90 Å². The summed E-state index contributed by atoms with van der Waals surface area (Å²) in [5, 5.41) is 0. The molecule has 0 bridgehead atoms. The van der Waals surface area contributed by atoms with Gasteiger partial charge in [-0.2, -0.15) is 0 Å². The van der Waals surface area contributed by atoms with E-state index in [-0.39, 0.29) is 0 Å². The Morgan fingerprint density at radius 2 is 1.92 bits per heavy atom. The summed E-state index contributed by atoms with van der Waals surface area (Å²) in [4.78, 5) is 2.38. The molecule has 2 N–H and O–H groups in total. The third-order valence-corrected chi connectivity index (χ3v) is 3.28. The number of rotatable bonds is 5. The molecule has 0 aliphatic heterocycles. The fourth-order valence-electron chi connectivity index (χ4n) is 2.17. The zero-order valence-electron chi connectivity index (χ0n) is 9.29. The first-order valence-corrected chi connectivity index (χ1v) is 5.53. The van der Waals surface area contributed by atoms with Gasteiger partial charge in [0.25, 0.3) is 0 Å². The number of nitrogens with two attached hydrogens (primary N) is 1. The summed E-state index contributed by atoms with van der Waals surface area (Å²) in [6, 6.07) is 1.14. The van der Waals surface area contributed by atoms with Gasteiger partial charge in [0.05, 0.1) is 0 Å². The van der Waals surface area contributed by atoms with Gasteiger partial charge in [-0.3, -0.25) is 0 Å². The van der Waals surface area contributed by atoms with Gasteiger partial charge in [0.1, 0.15) is 0 Å². The van der Waals surface area contributed by atoms with Gasteiger partial charge in [-0.15, -0.1) is 0 Å². The lowest BCUT2D eigenvalue weighted by Gasteiger charge is -2.38. The highest BCUT2D eigenvalue weighted by Gasteiger charge is 2.28. The molecular formula is C11H24N2. The minimum Gasteiger partial charge on any atom is -0.328 e. The lowest BCUT2D eigenvalue weighted by molar-refractivity contribution is 0.129. The van der Waals surface area contributed by atoms with Crippen LogP contribution in [0.15, 0.2) is 0 Å². The Morgan fingerprint density at radius 3 is 2.23 bits per heavy atom. The first-order chi connectivity index (χ1) is 6.11. The molecular weight excluding hydrogens is 160 g/mol. The molecule has 0 radical (unpaired) electrons. The molecule has 2 heteroatoms. The highest BCUT2D eigenvalue weighted by molar-refractivity contribution is 4.83. The molecule has 1 aliphatic carbocycles. The minimum atomic E-state index is 0.363. The predicted molar refractivity (Wildman–Crippen MR) is 57.7 cm³/mol. The van der Waals surface area contributed by atoms with Crippen molar-refractivity contribution in [3.63, 3.8) is 0 Å². The molecule has 0 spiro atoms. The van der Waals surface area contributed by atoms with E-state index >= 15 is 0 Å². The highest BCUT2D eigenvalue weighted by atomic mass is 15.1. The van der Waals surface area contributed by atoms with Crippen molar-refractivity contribution in [2.45, 2.75) is 51.1 Å². The molecule has 0 amide bonds. The van der Waals surface area contributed by atoms with Gasteiger partial charge in [-0.1, -0.05) is 6.42 Å². The average molecular weight is 184 g/mol. The fourth-order valence-corrected chi connectivity index (χ4v) is 2.17. The van der Waals surface area contributed by atoms with Crippen LogP contribution in [0.5, 0.6) is 0 Å². The quantitative estimate of drug-likeness (QED) is 0.706. The summed E-state index contributed by atoms with van der Waals surface area (Å²) in [6.07, 6.45) is 6.74. The van der Waals surface area contributed by atoms with Crippen molar-refractivity contribution < 1.29 is 0 Å². The van der Waals surface area contributed by atoms with Crippen LogP contribution in [0.4, 0.5) is 0 Å². The van der Waals surface area contributed by atoms with Crippen LogP contribution >= 0.6 is 0 Å². The normalized spacial score (nSPS) is 22.8. The summed E-state index contributed by atoms with van der Waals surface area (Å²) in [6.45, 7) is 2.10. The van der Waals surface area contributed by atoms with Gasteiger partial charge >= 0.3 is 0 Å². The maximum absolute atomic E-state index is 5.78. The van der Waals surface area contributed by atoms with E-state index in [9.17, 15) is 0 Å². The zero-order valence-corrected chi connectivity index (χ0v) is 9.29. The molecule has 1 rings (SSSR count). The van der Waals surface area contributed by atoms with Crippen molar-refractivity contribution in [2.24, 2.45) is 11.7 Å². The van der Waals surface area contributed by atoms with Gasteiger partial charge in [0, 0.05) is 12.1 Å². The SMILES string of the molecule is CC(N)CCC(C1CCC1)N(C)C. The van der Waals surface area contributed by atoms with Gasteiger partial charge in [-0.25, -0.2) is 0 Å². The van der Waals surface area contributed by atoms with Gasteiger partial charge in [-0.05, 0) is 52.6 Å². The van der Waals surface area contributed by atoms with Crippen LogP contribution in [0, 0.1) is 5.92 Å². The molecule has 2 nitrogen and oxygen atoms in total. The summed E-state index contributed by atoms with van der Waals surface area (Å²) in [7, 11) is 4.40. The van der Waals surface area contributed by atoms with Gasteiger partial charge in [0.2, 0.25) is 0 Å². The molecule has 13 heavy (non-hydrogen) atoms. The summed E-state index contributed by atoms with van der Waals surface area (Å²) in [5.41, 5.74) is 5.78. The number of nitrogens with zero attached hydrogens (tertiary/aromatic N) is 1. The van der Waals surface area contributed by atoms with E-state index < -0.39 is 0 Å².